The van der Waals surface area contributed by atoms with Gasteiger partial charge in [-0.25, -0.2) is 8.42 Å². The van der Waals surface area contributed by atoms with Crippen molar-refractivity contribution in [3.8, 4) is 0 Å². The third kappa shape index (κ3) is 4.60. The predicted octanol–water partition coefficient (Wildman–Crippen LogP) is 2.28. The fraction of sp³-hybridized carbons (Fsp3) is 0.294. The number of para-hydroxylation sites is 1. The molecule has 0 radical (unpaired) electrons. The number of hydrogen-bond donors (Lipinski definition) is 1. The maximum atomic E-state index is 12.6. The number of sulfonamides is 1. The Hall–Kier alpha value is -1.97. The number of aromatic nitrogens is 1. The summed E-state index contributed by atoms with van der Waals surface area (Å²) in [4.78, 5) is 24.3. The number of anilines is 1. The molecule has 0 spiro atoms. The van der Waals surface area contributed by atoms with Crippen molar-refractivity contribution in [3.63, 3.8) is 0 Å². The first-order chi connectivity index (χ1) is 12.3. The van der Waals surface area contributed by atoms with Crippen LogP contribution in [0.3, 0.4) is 0 Å². The van der Waals surface area contributed by atoms with Crippen molar-refractivity contribution in [3.05, 3.63) is 57.4 Å². The van der Waals surface area contributed by atoms with E-state index < -0.39 is 21.5 Å². The topological polar surface area (TPSA) is 88.5 Å². The van der Waals surface area contributed by atoms with Gasteiger partial charge in [-0.1, -0.05) is 26.0 Å². The minimum absolute atomic E-state index is 0.0190. The molecule has 1 aromatic carbocycles. The van der Waals surface area contributed by atoms with Crippen LogP contribution in [0.4, 0.5) is 5.69 Å². The molecule has 9 heteroatoms. The SMILES string of the molecule is CCN(CC)S(=O)(=O)c1ccc(=O)n(CC(=O)Nc2ccccc2Br)c1. The van der Waals surface area contributed by atoms with Crippen LogP contribution in [0.25, 0.3) is 0 Å². The van der Waals surface area contributed by atoms with Crippen LogP contribution in [0.15, 0.2) is 56.8 Å². The normalized spacial score (nSPS) is 11.5. The third-order valence-electron chi connectivity index (χ3n) is 3.76. The standard InChI is InChI=1S/C17H20BrN3O4S/c1-3-21(4-2)26(24,25)13-9-10-17(23)20(11-13)12-16(22)19-15-8-6-5-7-14(15)18/h5-11H,3-4,12H2,1-2H3,(H,19,22). The van der Waals surface area contributed by atoms with Gasteiger partial charge in [0.15, 0.2) is 0 Å². The second-order valence-corrected chi connectivity index (χ2v) is 8.24. The average molecular weight is 442 g/mol. The Labute approximate surface area is 160 Å². The number of carbonyl (C=O) groups excluding carboxylic acids is 1. The first-order valence-corrected chi connectivity index (χ1v) is 10.3. The van der Waals surface area contributed by atoms with Crippen LogP contribution in [0.1, 0.15) is 13.8 Å². The zero-order valence-electron chi connectivity index (χ0n) is 14.5. The van der Waals surface area contributed by atoms with E-state index in [1.165, 1.54) is 16.6 Å². The molecule has 0 aliphatic rings. The summed E-state index contributed by atoms with van der Waals surface area (Å²) in [7, 11) is -3.71. The second-order valence-electron chi connectivity index (χ2n) is 5.45. The first-order valence-electron chi connectivity index (χ1n) is 8.04. The van der Waals surface area contributed by atoms with Gasteiger partial charge in [-0.05, 0) is 34.1 Å². The third-order valence-corrected chi connectivity index (χ3v) is 6.49. The largest absolute Gasteiger partial charge is 0.324 e. The number of pyridine rings is 1. The van der Waals surface area contributed by atoms with Crippen LogP contribution in [0.2, 0.25) is 0 Å². The summed E-state index contributed by atoms with van der Waals surface area (Å²) in [5.41, 5.74) is 0.114. The molecule has 2 aromatic rings. The summed E-state index contributed by atoms with van der Waals surface area (Å²) in [6, 6.07) is 9.49. The Morgan fingerprint density at radius 2 is 1.81 bits per heavy atom. The summed E-state index contributed by atoms with van der Waals surface area (Å²) < 4.78 is 28.2. The van der Waals surface area contributed by atoms with E-state index in [0.29, 0.717) is 23.2 Å². The maximum absolute atomic E-state index is 12.6. The molecular formula is C17H20BrN3O4S. The van der Waals surface area contributed by atoms with Crippen LogP contribution < -0.4 is 10.9 Å². The van der Waals surface area contributed by atoms with Crippen molar-refractivity contribution < 1.29 is 13.2 Å². The lowest BCUT2D eigenvalue weighted by Gasteiger charge is -2.19. The van der Waals surface area contributed by atoms with E-state index in [4.69, 9.17) is 0 Å². The van der Waals surface area contributed by atoms with Gasteiger partial charge in [-0.3, -0.25) is 9.59 Å². The Morgan fingerprint density at radius 3 is 2.42 bits per heavy atom. The number of rotatable bonds is 7. The van der Waals surface area contributed by atoms with Crippen molar-refractivity contribution in [2.75, 3.05) is 18.4 Å². The molecule has 7 nitrogen and oxygen atoms in total. The van der Waals surface area contributed by atoms with Crippen LogP contribution in [0, 0.1) is 0 Å². The number of halogens is 1. The van der Waals surface area contributed by atoms with Gasteiger partial charge in [0.1, 0.15) is 6.54 Å². The molecule has 26 heavy (non-hydrogen) atoms. The number of carbonyl (C=O) groups is 1. The molecule has 1 amide bonds. The Morgan fingerprint density at radius 1 is 1.15 bits per heavy atom. The number of nitrogens with one attached hydrogen (secondary N) is 1. The number of amides is 1. The summed E-state index contributed by atoms with van der Waals surface area (Å²) >= 11 is 3.33. The van der Waals surface area contributed by atoms with E-state index in [1.807, 2.05) is 6.07 Å². The average Bonchev–Trinajstić information content (AvgIpc) is 2.59. The van der Waals surface area contributed by atoms with Gasteiger partial charge in [0, 0.05) is 29.8 Å². The number of benzene rings is 1. The molecule has 0 saturated heterocycles. The molecule has 0 fully saturated rings. The molecule has 0 atom stereocenters. The minimum atomic E-state index is -3.71. The van der Waals surface area contributed by atoms with Crippen molar-refractivity contribution in [2.45, 2.75) is 25.3 Å². The molecule has 1 heterocycles. The van der Waals surface area contributed by atoms with E-state index in [1.54, 1.807) is 32.0 Å². The van der Waals surface area contributed by atoms with Gasteiger partial charge in [-0.2, -0.15) is 4.31 Å². The molecule has 0 bridgehead atoms. The zero-order valence-corrected chi connectivity index (χ0v) is 16.9. The van der Waals surface area contributed by atoms with Gasteiger partial charge in [-0.15, -0.1) is 0 Å². The smallest absolute Gasteiger partial charge is 0.251 e. The van der Waals surface area contributed by atoms with Gasteiger partial charge in [0.2, 0.25) is 15.9 Å². The Balaban J connectivity index is 2.26. The lowest BCUT2D eigenvalue weighted by atomic mass is 10.3. The summed E-state index contributed by atoms with van der Waals surface area (Å²) in [6.07, 6.45) is 1.20. The molecule has 0 aliphatic heterocycles. The van der Waals surface area contributed by atoms with E-state index >= 15 is 0 Å². The highest BCUT2D eigenvalue weighted by Crippen LogP contribution is 2.21. The van der Waals surface area contributed by atoms with E-state index in [9.17, 15) is 18.0 Å². The fourth-order valence-electron chi connectivity index (χ4n) is 2.41. The van der Waals surface area contributed by atoms with Crippen LogP contribution >= 0.6 is 15.9 Å². The van der Waals surface area contributed by atoms with Crippen LogP contribution in [-0.4, -0.2) is 36.3 Å². The Bertz CT molecular complexity index is 952. The van der Waals surface area contributed by atoms with E-state index in [2.05, 4.69) is 21.2 Å². The monoisotopic (exact) mass is 441 g/mol. The zero-order chi connectivity index (χ0) is 19.3. The number of hydrogen-bond acceptors (Lipinski definition) is 4. The molecule has 140 valence electrons. The molecule has 0 unspecified atom stereocenters. The van der Waals surface area contributed by atoms with Crippen LogP contribution in [0.5, 0.6) is 0 Å². The fourth-order valence-corrected chi connectivity index (χ4v) is 4.27. The van der Waals surface area contributed by atoms with Gasteiger partial charge < -0.3 is 9.88 Å². The van der Waals surface area contributed by atoms with Gasteiger partial charge in [0.25, 0.3) is 5.56 Å². The lowest BCUT2D eigenvalue weighted by molar-refractivity contribution is -0.116. The molecular weight excluding hydrogens is 422 g/mol. The van der Waals surface area contributed by atoms with Crippen molar-refractivity contribution in [1.82, 2.24) is 8.87 Å². The number of nitrogens with zero attached hydrogens (tertiary/aromatic N) is 2. The lowest BCUT2D eigenvalue weighted by Crippen LogP contribution is -2.33. The quantitative estimate of drug-likeness (QED) is 0.713. The maximum Gasteiger partial charge on any atom is 0.251 e. The van der Waals surface area contributed by atoms with Crippen molar-refractivity contribution >= 4 is 37.5 Å². The summed E-state index contributed by atoms with van der Waals surface area (Å²) in [5, 5.41) is 2.68. The van der Waals surface area contributed by atoms with Gasteiger partial charge in [0.05, 0.1) is 10.6 Å². The van der Waals surface area contributed by atoms with E-state index in [-0.39, 0.29) is 11.4 Å². The molecule has 0 saturated carbocycles. The molecule has 2 rings (SSSR count). The molecule has 1 aromatic heterocycles. The summed E-state index contributed by atoms with van der Waals surface area (Å²) in [6.45, 7) is 3.83. The second kappa shape index (κ2) is 8.61. The highest BCUT2D eigenvalue weighted by Gasteiger charge is 2.22. The highest BCUT2D eigenvalue weighted by molar-refractivity contribution is 9.10. The van der Waals surface area contributed by atoms with Gasteiger partial charge >= 0.3 is 0 Å². The predicted molar refractivity (Wildman–Crippen MR) is 104 cm³/mol. The van der Waals surface area contributed by atoms with E-state index in [0.717, 1.165) is 10.6 Å². The van der Waals surface area contributed by atoms with Crippen molar-refractivity contribution in [2.24, 2.45) is 0 Å². The summed E-state index contributed by atoms with van der Waals surface area (Å²) in [5.74, 6) is -0.434. The first kappa shape index (κ1) is 20.3. The van der Waals surface area contributed by atoms with Crippen molar-refractivity contribution in [1.29, 1.82) is 0 Å². The highest BCUT2D eigenvalue weighted by atomic mass is 79.9. The Kier molecular flexibility index (Phi) is 6.74. The minimum Gasteiger partial charge on any atom is -0.324 e. The molecule has 1 N–H and O–H groups in total. The molecule has 0 aliphatic carbocycles. The van der Waals surface area contributed by atoms with Crippen LogP contribution in [-0.2, 0) is 21.4 Å².